The second-order valence-corrected chi connectivity index (χ2v) is 7.05. The number of nitrogens with zero attached hydrogens (tertiary/aromatic N) is 1. The van der Waals surface area contributed by atoms with Crippen molar-refractivity contribution in [3.8, 4) is 0 Å². The second-order valence-electron chi connectivity index (χ2n) is 5.70. The summed E-state index contributed by atoms with van der Waals surface area (Å²) in [6.07, 6.45) is 0. The molecule has 2 aromatic rings. The Bertz CT molecular complexity index is 818. The Balaban J connectivity index is 2.00. The molecule has 0 aromatic heterocycles. The number of halogens is 1. The summed E-state index contributed by atoms with van der Waals surface area (Å²) in [6, 6.07) is 12.6. The number of carbonyl (C=O) groups is 1. The van der Waals surface area contributed by atoms with E-state index in [1.807, 2.05) is 38.4 Å². The summed E-state index contributed by atoms with van der Waals surface area (Å²) < 4.78 is 34.3. The van der Waals surface area contributed by atoms with Gasteiger partial charge in [-0.05, 0) is 49.5 Å². The van der Waals surface area contributed by atoms with Gasteiger partial charge in [0.15, 0.2) is 0 Å². The minimum Gasteiger partial charge on any atom is -0.348 e. The summed E-state index contributed by atoms with van der Waals surface area (Å²) in [5, 5.41) is 2.76. The lowest BCUT2D eigenvalue weighted by atomic mass is 10.1. The zero-order chi connectivity index (χ0) is 17.7. The number of rotatable bonds is 6. The summed E-state index contributed by atoms with van der Waals surface area (Å²) in [6.45, 7) is 1.16. The van der Waals surface area contributed by atoms with Crippen LogP contribution in [0.15, 0.2) is 53.4 Å². The standard InChI is InChI=1S/C17H19FN2O3S/c1-20(2)12-14-5-3-4-13(10-14)11-19-17(21)15-6-8-16(9-7-15)24(18,22)23/h3-10H,11-12H2,1-2H3,(H,19,21). The quantitative estimate of drug-likeness (QED) is 0.812. The summed E-state index contributed by atoms with van der Waals surface area (Å²) >= 11 is 0. The van der Waals surface area contributed by atoms with E-state index >= 15 is 0 Å². The fourth-order valence-corrected chi connectivity index (χ4v) is 2.72. The third-order valence-electron chi connectivity index (χ3n) is 3.34. The van der Waals surface area contributed by atoms with Crippen molar-refractivity contribution < 1.29 is 17.1 Å². The number of carbonyl (C=O) groups excluding carboxylic acids is 1. The molecule has 0 fully saturated rings. The topological polar surface area (TPSA) is 66.5 Å². The Labute approximate surface area is 141 Å². The van der Waals surface area contributed by atoms with Crippen LogP contribution < -0.4 is 5.32 Å². The van der Waals surface area contributed by atoms with E-state index in [2.05, 4.69) is 10.2 Å². The van der Waals surface area contributed by atoms with Crippen molar-refractivity contribution in [2.24, 2.45) is 0 Å². The van der Waals surface area contributed by atoms with Crippen molar-refractivity contribution in [2.45, 2.75) is 18.0 Å². The van der Waals surface area contributed by atoms with Crippen LogP contribution in [-0.2, 0) is 23.3 Å². The maximum Gasteiger partial charge on any atom is 0.332 e. The predicted molar refractivity (Wildman–Crippen MR) is 89.7 cm³/mol. The molecule has 0 saturated carbocycles. The van der Waals surface area contributed by atoms with E-state index in [0.717, 1.165) is 29.8 Å². The van der Waals surface area contributed by atoms with Crippen LogP contribution in [-0.4, -0.2) is 33.3 Å². The maximum atomic E-state index is 12.8. The molecule has 0 aliphatic carbocycles. The van der Waals surface area contributed by atoms with Crippen LogP contribution in [0.1, 0.15) is 21.5 Å². The SMILES string of the molecule is CN(C)Cc1cccc(CNC(=O)c2ccc(S(=O)(=O)F)cc2)c1. The summed E-state index contributed by atoms with van der Waals surface area (Å²) in [5.41, 5.74) is 2.38. The van der Waals surface area contributed by atoms with E-state index in [-0.39, 0.29) is 11.5 Å². The van der Waals surface area contributed by atoms with E-state index < -0.39 is 15.1 Å². The van der Waals surface area contributed by atoms with Gasteiger partial charge in [-0.3, -0.25) is 4.79 Å². The largest absolute Gasteiger partial charge is 0.348 e. The smallest absolute Gasteiger partial charge is 0.332 e. The summed E-state index contributed by atoms with van der Waals surface area (Å²) in [5.74, 6) is -0.351. The monoisotopic (exact) mass is 350 g/mol. The van der Waals surface area contributed by atoms with Crippen LogP contribution >= 0.6 is 0 Å². The average molecular weight is 350 g/mol. The molecule has 0 radical (unpaired) electrons. The van der Waals surface area contributed by atoms with Gasteiger partial charge in [0, 0.05) is 18.7 Å². The molecule has 5 nitrogen and oxygen atoms in total. The van der Waals surface area contributed by atoms with Gasteiger partial charge in [0.2, 0.25) is 0 Å². The van der Waals surface area contributed by atoms with Crippen molar-refractivity contribution in [2.75, 3.05) is 14.1 Å². The highest BCUT2D eigenvalue weighted by molar-refractivity contribution is 7.86. The molecule has 0 heterocycles. The van der Waals surface area contributed by atoms with Crippen molar-refractivity contribution >= 4 is 16.1 Å². The Morgan fingerprint density at radius 1 is 1.08 bits per heavy atom. The van der Waals surface area contributed by atoms with E-state index in [1.54, 1.807) is 0 Å². The van der Waals surface area contributed by atoms with Gasteiger partial charge in [-0.2, -0.15) is 8.42 Å². The second kappa shape index (κ2) is 7.55. The highest BCUT2D eigenvalue weighted by atomic mass is 32.3. The van der Waals surface area contributed by atoms with Crippen LogP contribution in [0.4, 0.5) is 3.89 Å². The molecule has 0 aliphatic rings. The Hall–Kier alpha value is -2.25. The molecular formula is C17H19FN2O3S. The molecule has 2 aromatic carbocycles. The van der Waals surface area contributed by atoms with Crippen molar-refractivity contribution in [1.82, 2.24) is 10.2 Å². The van der Waals surface area contributed by atoms with Crippen LogP contribution in [0.25, 0.3) is 0 Å². The first kappa shape index (κ1) is 18.1. The molecule has 0 spiro atoms. The molecule has 0 atom stereocenters. The highest BCUT2D eigenvalue weighted by Crippen LogP contribution is 2.13. The minimum atomic E-state index is -4.75. The van der Waals surface area contributed by atoms with Gasteiger partial charge in [-0.15, -0.1) is 3.89 Å². The fraction of sp³-hybridized carbons (Fsp3) is 0.235. The minimum absolute atomic E-state index is 0.270. The van der Waals surface area contributed by atoms with Gasteiger partial charge in [-0.1, -0.05) is 24.3 Å². The van der Waals surface area contributed by atoms with Gasteiger partial charge in [0.05, 0.1) is 4.90 Å². The lowest BCUT2D eigenvalue weighted by molar-refractivity contribution is 0.0950. The number of hydrogen-bond acceptors (Lipinski definition) is 4. The Kier molecular flexibility index (Phi) is 5.69. The summed E-state index contributed by atoms with van der Waals surface area (Å²) in [4.78, 5) is 13.7. The molecule has 7 heteroatoms. The molecule has 0 saturated heterocycles. The van der Waals surface area contributed by atoms with Crippen LogP contribution in [0.2, 0.25) is 0 Å². The van der Waals surface area contributed by atoms with Gasteiger partial charge in [0.25, 0.3) is 5.91 Å². The lowest BCUT2D eigenvalue weighted by Gasteiger charge is -2.11. The van der Waals surface area contributed by atoms with Gasteiger partial charge < -0.3 is 10.2 Å². The fourth-order valence-electron chi connectivity index (χ4n) is 2.26. The van der Waals surface area contributed by atoms with Crippen LogP contribution in [0.5, 0.6) is 0 Å². The van der Waals surface area contributed by atoms with Crippen LogP contribution in [0, 0.1) is 0 Å². The highest BCUT2D eigenvalue weighted by Gasteiger charge is 2.13. The maximum absolute atomic E-state index is 12.8. The van der Waals surface area contributed by atoms with Gasteiger partial charge >= 0.3 is 10.2 Å². The third kappa shape index (κ3) is 5.14. The van der Waals surface area contributed by atoms with Crippen LogP contribution in [0.3, 0.4) is 0 Å². The number of hydrogen-bond donors (Lipinski definition) is 1. The Morgan fingerprint density at radius 2 is 1.71 bits per heavy atom. The van der Waals surface area contributed by atoms with E-state index in [9.17, 15) is 17.1 Å². The average Bonchev–Trinajstić information content (AvgIpc) is 2.51. The van der Waals surface area contributed by atoms with Gasteiger partial charge in [0.1, 0.15) is 0 Å². The van der Waals surface area contributed by atoms with Crippen molar-refractivity contribution in [3.05, 3.63) is 65.2 Å². The molecular weight excluding hydrogens is 331 g/mol. The normalized spacial score (nSPS) is 11.5. The zero-order valence-electron chi connectivity index (χ0n) is 13.5. The molecule has 24 heavy (non-hydrogen) atoms. The molecule has 0 bridgehead atoms. The number of benzene rings is 2. The van der Waals surface area contributed by atoms with Crippen molar-refractivity contribution in [3.63, 3.8) is 0 Å². The first-order valence-electron chi connectivity index (χ1n) is 7.31. The molecule has 0 aliphatic heterocycles. The molecule has 1 amide bonds. The molecule has 128 valence electrons. The Morgan fingerprint density at radius 3 is 2.29 bits per heavy atom. The van der Waals surface area contributed by atoms with E-state index in [4.69, 9.17) is 0 Å². The number of amides is 1. The number of nitrogens with one attached hydrogen (secondary N) is 1. The molecule has 1 N–H and O–H groups in total. The van der Waals surface area contributed by atoms with E-state index in [0.29, 0.717) is 6.54 Å². The first-order chi connectivity index (χ1) is 11.3. The first-order valence-corrected chi connectivity index (χ1v) is 8.69. The molecule has 0 unspecified atom stereocenters. The predicted octanol–water partition coefficient (Wildman–Crippen LogP) is 2.34. The van der Waals surface area contributed by atoms with E-state index in [1.165, 1.54) is 12.1 Å². The lowest BCUT2D eigenvalue weighted by Crippen LogP contribution is -2.23. The third-order valence-corrected chi connectivity index (χ3v) is 4.18. The van der Waals surface area contributed by atoms with Crippen molar-refractivity contribution in [1.29, 1.82) is 0 Å². The summed E-state index contributed by atoms with van der Waals surface area (Å²) in [7, 11) is -0.787. The zero-order valence-corrected chi connectivity index (χ0v) is 14.3. The van der Waals surface area contributed by atoms with Gasteiger partial charge in [-0.25, -0.2) is 0 Å². The molecule has 2 rings (SSSR count).